The van der Waals surface area contributed by atoms with Gasteiger partial charge < -0.3 is 21.3 Å². The van der Waals surface area contributed by atoms with Gasteiger partial charge in [0.1, 0.15) is 17.1 Å². The van der Waals surface area contributed by atoms with Crippen molar-refractivity contribution in [2.24, 2.45) is 11.1 Å². The smallest absolute Gasteiger partial charge is 0.258 e. The van der Waals surface area contributed by atoms with E-state index in [1.165, 1.54) is 18.2 Å². The van der Waals surface area contributed by atoms with Gasteiger partial charge in [-0.2, -0.15) is 0 Å². The van der Waals surface area contributed by atoms with E-state index in [-0.39, 0.29) is 23.6 Å². The van der Waals surface area contributed by atoms with E-state index in [1.807, 2.05) is 0 Å². The van der Waals surface area contributed by atoms with Crippen molar-refractivity contribution in [3.05, 3.63) is 23.8 Å². The van der Waals surface area contributed by atoms with E-state index in [4.69, 9.17) is 5.73 Å². The minimum Gasteiger partial charge on any atom is -0.507 e. The molecule has 98 valence electrons. The summed E-state index contributed by atoms with van der Waals surface area (Å²) in [7, 11) is 0. The van der Waals surface area contributed by atoms with Gasteiger partial charge in [0.2, 0.25) is 5.91 Å². The van der Waals surface area contributed by atoms with Crippen LogP contribution in [-0.2, 0) is 4.79 Å². The molecule has 1 aromatic rings. The normalized spacial score (nSPS) is 11.0. The highest BCUT2D eigenvalue weighted by molar-refractivity contribution is 5.99. The van der Waals surface area contributed by atoms with Crippen LogP contribution >= 0.6 is 0 Å². The molecule has 18 heavy (non-hydrogen) atoms. The number of amides is 2. The summed E-state index contributed by atoms with van der Waals surface area (Å²) in [6.07, 6.45) is 0. The molecule has 0 aliphatic heterocycles. The Morgan fingerprint density at radius 1 is 1.28 bits per heavy atom. The van der Waals surface area contributed by atoms with Crippen molar-refractivity contribution in [1.82, 2.24) is 5.32 Å². The fourth-order valence-corrected chi connectivity index (χ4v) is 1.24. The lowest BCUT2D eigenvalue weighted by atomic mass is 9.92. The molecule has 5 N–H and O–H groups in total. The lowest BCUT2D eigenvalue weighted by Crippen LogP contribution is -2.42. The van der Waals surface area contributed by atoms with Gasteiger partial charge in [-0.15, -0.1) is 0 Å². The summed E-state index contributed by atoms with van der Waals surface area (Å²) < 4.78 is 0. The number of benzene rings is 1. The summed E-state index contributed by atoms with van der Waals surface area (Å²) in [6.45, 7) is 3.18. The largest absolute Gasteiger partial charge is 0.507 e. The van der Waals surface area contributed by atoms with Crippen LogP contribution in [0.25, 0.3) is 0 Å². The van der Waals surface area contributed by atoms with Crippen LogP contribution < -0.4 is 11.1 Å². The first kappa shape index (κ1) is 13.8. The quantitative estimate of drug-likeness (QED) is 0.618. The molecule has 0 atom stereocenters. The van der Waals surface area contributed by atoms with Gasteiger partial charge in [0.05, 0.1) is 5.41 Å². The molecule has 0 spiro atoms. The standard InChI is InChI=1S/C12H16N2O4/c1-12(2,11(13)18)6-14-10(17)9-7(15)4-3-5-8(9)16/h3-5,15-16H,6H2,1-2H3,(H2,13,18)(H,14,17). The predicted molar refractivity (Wildman–Crippen MR) is 65.1 cm³/mol. The molecule has 6 nitrogen and oxygen atoms in total. The first-order chi connectivity index (χ1) is 8.25. The van der Waals surface area contributed by atoms with Crippen LogP contribution in [-0.4, -0.2) is 28.6 Å². The molecule has 1 aromatic carbocycles. The van der Waals surface area contributed by atoms with Crippen LogP contribution in [0.3, 0.4) is 0 Å². The molecule has 0 radical (unpaired) electrons. The van der Waals surface area contributed by atoms with E-state index in [2.05, 4.69) is 5.32 Å². The Bertz CT molecular complexity index is 463. The number of hydrogen-bond acceptors (Lipinski definition) is 4. The summed E-state index contributed by atoms with van der Waals surface area (Å²) in [4.78, 5) is 22.8. The van der Waals surface area contributed by atoms with Crippen molar-refractivity contribution in [2.75, 3.05) is 6.54 Å². The molecule has 0 aliphatic rings. The zero-order chi connectivity index (χ0) is 13.9. The number of nitrogens with two attached hydrogens (primary N) is 1. The second kappa shape index (κ2) is 4.95. The number of carbonyl (C=O) groups is 2. The third-order valence-electron chi connectivity index (χ3n) is 2.61. The number of nitrogens with one attached hydrogen (secondary N) is 1. The fourth-order valence-electron chi connectivity index (χ4n) is 1.24. The van der Waals surface area contributed by atoms with Crippen LogP contribution in [0, 0.1) is 5.41 Å². The Kier molecular flexibility index (Phi) is 3.80. The van der Waals surface area contributed by atoms with E-state index >= 15 is 0 Å². The Hall–Kier alpha value is -2.24. The van der Waals surface area contributed by atoms with E-state index < -0.39 is 17.2 Å². The van der Waals surface area contributed by atoms with E-state index in [0.29, 0.717) is 0 Å². The van der Waals surface area contributed by atoms with Crippen LogP contribution in [0.15, 0.2) is 18.2 Å². The van der Waals surface area contributed by atoms with Gasteiger partial charge in [-0.1, -0.05) is 6.07 Å². The maximum Gasteiger partial charge on any atom is 0.258 e. The number of phenolic OH excluding ortho intramolecular Hbond substituents is 2. The Balaban J connectivity index is 2.82. The second-order valence-corrected chi connectivity index (χ2v) is 4.60. The Labute approximate surface area is 104 Å². The van der Waals surface area contributed by atoms with Gasteiger partial charge in [-0.3, -0.25) is 9.59 Å². The van der Waals surface area contributed by atoms with Crippen LogP contribution in [0.1, 0.15) is 24.2 Å². The first-order valence-corrected chi connectivity index (χ1v) is 5.35. The minimum absolute atomic E-state index is 0.00887. The highest BCUT2D eigenvalue weighted by atomic mass is 16.3. The second-order valence-electron chi connectivity index (χ2n) is 4.60. The van der Waals surface area contributed by atoms with E-state index in [0.717, 1.165) is 0 Å². The average Bonchev–Trinajstić information content (AvgIpc) is 2.26. The van der Waals surface area contributed by atoms with Crippen molar-refractivity contribution in [2.45, 2.75) is 13.8 Å². The number of hydrogen-bond donors (Lipinski definition) is 4. The highest BCUT2D eigenvalue weighted by Crippen LogP contribution is 2.26. The van der Waals surface area contributed by atoms with Gasteiger partial charge in [0.15, 0.2) is 0 Å². The number of aromatic hydroxyl groups is 2. The van der Waals surface area contributed by atoms with Crippen LogP contribution in [0.5, 0.6) is 11.5 Å². The summed E-state index contributed by atoms with van der Waals surface area (Å²) in [5.41, 5.74) is 4.03. The maximum atomic E-state index is 11.8. The molecule has 0 unspecified atom stereocenters. The number of carbonyl (C=O) groups excluding carboxylic acids is 2. The Morgan fingerprint density at radius 2 is 1.78 bits per heavy atom. The number of primary amides is 1. The lowest BCUT2D eigenvalue weighted by molar-refractivity contribution is -0.125. The number of rotatable bonds is 4. The van der Waals surface area contributed by atoms with Crippen molar-refractivity contribution in [1.29, 1.82) is 0 Å². The molecule has 0 heterocycles. The van der Waals surface area contributed by atoms with Crippen molar-refractivity contribution < 1.29 is 19.8 Å². The zero-order valence-corrected chi connectivity index (χ0v) is 10.2. The Morgan fingerprint density at radius 3 is 2.22 bits per heavy atom. The number of phenols is 2. The summed E-state index contributed by atoms with van der Waals surface area (Å²) in [5, 5.41) is 21.4. The van der Waals surface area contributed by atoms with Crippen LogP contribution in [0.2, 0.25) is 0 Å². The van der Waals surface area contributed by atoms with E-state index in [1.54, 1.807) is 13.8 Å². The van der Waals surface area contributed by atoms with Gasteiger partial charge >= 0.3 is 0 Å². The SMILES string of the molecule is CC(C)(CNC(=O)c1c(O)cccc1O)C(N)=O. The zero-order valence-electron chi connectivity index (χ0n) is 10.2. The summed E-state index contributed by atoms with van der Waals surface area (Å²) >= 11 is 0. The van der Waals surface area contributed by atoms with Gasteiger partial charge in [-0.05, 0) is 26.0 Å². The summed E-state index contributed by atoms with van der Waals surface area (Å²) in [6, 6.07) is 3.98. The van der Waals surface area contributed by atoms with Crippen molar-refractivity contribution >= 4 is 11.8 Å². The molecule has 6 heteroatoms. The molecular formula is C12H16N2O4. The van der Waals surface area contributed by atoms with Crippen molar-refractivity contribution in [3.63, 3.8) is 0 Å². The van der Waals surface area contributed by atoms with E-state index in [9.17, 15) is 19.8 Å². The molecule has 0 saturated carbocycles. The molecular weight excluding hydrogens is 236 g/mol. The topological polar surface area (TPSA) is 113 Å². The molecule has 0 bridgehead atoms. The summed E-state index contributed by atoms with van der Waals surface area (Å²) in [5.74, 6) is -1.88. The monoisotopic (exact) mass is 252 g/mol. The molecule has 2 amide bonds. The lowest BCUT2D eigenvalue weighted by Gasteiger charge is -2.20. The highest BCUT2D eigenvalue weighted by Gasteiger charge is 2.26. The van der Waals surface area contributed by atoms with Gasteiger partial charge in [0.25, 0.3) is 5.91 Å². The van der Waals surface area contributed by atoms with Gasteiger partial charge in [0, 0.05) is 6.54 Å². The van der Waals surface area contributed by atoms with Gasteiger partial charge in [-0.25, -0.2) is 0 Å². The predicted octanol–water partition coefficient (Wildman–Crippen LogP) is 0.339. The molecule has 0 aromatic heterocycles. The fraction of sp³-hybridized carbons (Fsp3) is 0.333. The molecule has 1 rings (SSSR count). The minimum atomic E-state index is -0.907. The van der Waals surface area contributed by atoms with Crippen LogP contribution in [0.4, 0.5) is 0 Å². The third kappa shape index (κ3) is 2.91. The molecule has 0 fully saturated rings. The third-order valence-corrected chi connectivity index (χ3v) is 2.61. The maximum absolute atomic E-state index is 11.8. The molecule has 0 saturated heterocycles. The average molecular weight is 252 g/mol. The van der Waals surface area contributed by atoms with Crippen molar-refractivity contribution in [3.8, 4) is 11.5 Å². The first-order valence-electron chi connectivity index (χ1n) is 5.35. The molecule has 0 aliphatic carbocycles.